The third-order valence-corrected chi connectivity index (χ3v) is 33.8. The number of methoxy groups -OCH3 is 2. The molecule has 74 heavy (non-hydrogen) atoms. The Morgan fingerprint density at radius 3 is 1.97 bits per heavy atom. The lowest BCUT2D eigenvalue weighted by Gasteiger charge is -2.47. The summed E-state index contributed by atoms with van der Waals surface area (Å²) in [6.07, 6.45) is 7.09. The fourth-order valence-corrected chi connectivity index (χ4v) is 22.7. The van der Waals surface area contributed by atoms with Crippen LogP contribution in [0.15, 0.2) is 37.0 Å². The molecule has 0 spiro atoms. The third-order valence-electron chi connectivity index (χ3n) is 19.9. The first-order valence-electron chi connectivity index (χ1n) is 29.7. The van der Waals surface area contributed by atoms with Gasteiger partial charge in [0.15, 0.2) is 30.7 Å². The van der Waals surface area contributed by atoms with Crippen LogP contribution in [0, 0.1) is 11.8 Å². The monoisotopic (exact) mass is 1090 g/mol. The Bertz CT molecular complexity index is 1820. The number of carbonyl (C=O) groups is 1. The predicted octanol–water partition coefficient (Wildman–Crippen LogP) is 12.1. The second kappa shape index (κ2) is 26.4. The van der Waals surface area contributed by atoms with Crippen molar-refractivity contribution in [1.29, 1.82) is 0 Å². The minimum Gasteiger partial charge on any atom is -0.469 e. The van der Waals surface area contributed by atoms with Gasteiger partial charge in [0.1, 0.15) is 30.5 Å². The van der Waals surface area contributed by atoms with Crippen LogP contribution in [0.3, 0.4) is 0 Å². The van der Waals surface area contributed by atoms with E-state index in [0.29, 0.717) is 38.7 Å². The Balaban J connectivity index is 0.980. The van der Waals surface area contributed by atoms with Gasteiger partial charge >= 0.3 is 5.97 Å². The van der Waals surface area contributed by atoms with E-state index in [1.807, 2.05) is 6.08 Å². The van der Waals surface area contributed by atoms with Crippen molar-refractivity contribution < 1.29 is 60.7 Å². The number of carbonyl (C=O) groups excluding carboxylic acids is 1. The normalized spacial score (nSPS) is 37.5. The van der Waals surface area contributed by atoms with Gasteiger partial charge in [-0.05, 0) is 110 Å². The van der Waals surface area contributed by atoms with Crippen LogP contribution in [0.25, 0.3) is 0 Å². The van der Waals surface area contributed by atoms with Crippen LogP contribution in [-0.4, -0.2) is 149 Å². The van der Waals surface area contributed by atoms with Crippen molar-refractivity contribution in [2.75, 3.05) is 20.8 Å². The van der Waals surface area contributed by atoms with Gasteiger partial charge in [0, 0.05) is 38.7 Å². The molecule has 424 valence electrons. The molecule has 8 fully saturated rings. The highest BCUT2D eigenvalue weighted by Crippen LogP contribution is 2.54. The zero-order valence-electron chi connectivity index (χ0n) is 48.2. The molecule has 8 saturated heterocycles. The molecule has 8 heterocycles. The summed E-state index contributed by atoms with van der Waals surface area (Å²) in [4.78, 5) is 13.1. The summed E-state index contributed by atoms with van der Waals surface area (Å²) in [5.74, 6) is -1.00. The average molecular weight is 1090 g/mol. The van der Waals surface area contributed by atoms with Gasteiger partial charge in [-0.1, -0.05) is 88.5 Å². The summed E-state index contributed by atoms with van der Waals surface area (Å²) in [5, 5.41) is 0. The molecular formula is C58H102O13Si3. The zero-order chi connectivity index (χ0) is 53.6. The second-order valence-corrected chi connectivity index (χ2v) is 37.7. The Morgan fingerprint density at radius 1 is 0.716 bits per heavy atom. The fourth-order valence-electron chi connectivity index (χ4n) is 14.3. The van der Waals surface area contributed by atoms with Crippen LogP contribution in [0.1, 0.15) is 140 Å². The van der Waals surface area contributed by atoms with Crippen molar-refractivity contribution in [3.05, 3.63) is 37.0 Å². The molecule has 6 unspecified atom stereocenters. The molecule has 0 aromatic heterocycles. The lowest BCUT2D eigenvalue weighted by Crippen LogP contribution is -2.62. The molecule has 18 atom stereocenters. The van der Waals surface area contributed by atoms with E-state index in [2.05, 4.69) is 89.0 Å². The van der Waals surface area contributed by atoms with E-state index < -0.39 is 30.7 Å². The van der Waals surface area contributed by atoms with Crippen LogP contribution in [-0.2, 0) is 60.7 Å². The summed E-state index contributed by atoms with van der Waals surface area (Å²) >= 11 is 0. The van der Waals surface area contributed by atoms with Crippen molar-refractivity contribution >= 4 is 30.9 Å². The molecule has 0 radical (unpaired) electrons. The highest BCUT2D eigenvalue weighted by atomic mass is 28.4. The predicted molar refractivity (Wildman–Crippen MR) is 298 cm³/mol. The molecule has 0 aromatic carbocycles. The van der Waals surface area contributed by atoms with Crippen LogP contribution < -0.4 is 0 Å². The number of hydrogen-bond acceptors (Lipinski definition) is 13. The minimum atomic E-state index is -2.01. The van der Waals surface area contributed by atoms with Gasteiger partial charge in [0.25, 0.3) is 0 Å². The molecule has 0 N–H and O–H groups in total. The smallest absolute Gasteiger partial charge is 0.305 e. The standard InChI is InChI=1S/C58H102O13Si3/c1-16-26-46-54(71-74(23-8,24-9)25-10)57-56-55(66-46)53-50(67-56)36-58(68-53,69-57)30-29-42-32-39(12)45(63-42)28-27-41-31-38(11)40(13)47(64-41)35-48-44(34-51(59)60-14)52(61-15)49(65-48)33-43(70-73(20-5,21-6)22-7)37-62-72(17-2,18-3)19-4/h16,38,41-50,52-57H,1,12-13,17-37H2,2-11,14-15H3/t38-,41+,42?,43?,44+,45+,46?,47?,48?,49-,50-,52-,53+,54?,55+,56-,57+,58+/m1/s1. The molecule has 8 aliphatic heterocycles. The maximum Gasteiger partial charge on any atom is 0.305 e. The van der Waals surface area contributed by atoms with Gasteiger partial charge in [-0.25, -0.2) is 0 Å². The topological polar surface area (TPSA) is 128 Å². The van der Waals surface area contributed by atoms with E-state index >= 15 is 0 Å². The summed E-state index contributed by atoms with van der Waals surface area (Å²) in [6, 6.07) is 9.55. The Kier molecular flexibility index (Phi) is 21.6. The van der Waals surface area contributed by atoms with Crippen LogP contribution in [0.4, 0.5) is 0 Å². The quantitative estimate of drug-likeness (QED) is 0.0371. The van der Waals surface area contributed by atoms with Gasteiger partial charge in [-0.15, -0.1) is 6.58 Å². The van der Waals surface area contributed by atoms with Crippen molar-refractivity contribution in [1.82, 2.24) is 0 Å². The molecule has 6 bridgehead atoms. The number of hydrogen-bond donors (Lipinski definition) is 0. The lowest BCUT2D eigenvalue weighted by atomic mass is 9.82. The van der Waals surface area contributed by atoms with Crippen LogP contribution >= 0.6 is 0 Å². The molecule has 0 saturated carbocycles. The second-order valence-electron chi connectivity index (χ2n) is 23.5. The van der Waals surface area contributed by atoms with Crippen molar-refractivity contribution in [2.24, 2.45) is 11.8 Å². The molecule has 8 rings (SSSR count). The molecule has 16 heteroatoms. The Hall–Kier alpha value is -1.10. The van der Waals surface area contributed by atoms with Gasteiger partial charge in [0.05, 0.1) is 81.2 Å². The van der Waals surface area contributed by atoms with Gasteiger partial charge in [-0.3, -0.25) is 4.79 Å². The summed E-state index contributed by atoms with van der Waals surface area (Å²) in [7, 11) is -2.71. The Morgan fingerprint density at radius 2 is 1.35 bits per heavy atom. The number of ether oxygens (including phenoxy) is 9. The minimum absolute atomic E-state index is 0.0147. The third kappa shape index (κ3) is 13.1. The van der Waals surface area contributed by atoms with Crippen molar-refractivity contribution in [3.8, 4) is 0 Å². The first kappa shape index (κ1) is 60.5. The van der Waals surface area contributed by atoms with Gasteiger partial charge in [-0.2, -0.15) is 0 Å². The SMILES string of the molecule is C=CCC1O[C@H]2[C@H]3O[C@]4(CCC5CC(=C)[C@H](CC[C@H]6C[C@@H](C)C(=C)C(CC7O[C@H](CC(CO[Si](CC)(CC)CC)O[Si](CC)(CC)CC)[C@H](OC)[C@H]7CC(=O)OC)O6)O5)C[C@H]3O[C@H]2[C@@H](O4)C1O[Si](CC)(CC)CC. The van der Waals surface area contributed by atoms with Gasteiger partial charge < -0.3 is 55.9 Å². The summed E-state index contributed by atoms with van der Waals surface area (Å²) in [5.41, 5.74) is 2.21. The number of esters is 1. The molecule has 8 aliphatic rings. The van der Waals surface area contributed by atoms with E-state index in [1.165, 1.54) is 7.11 Å². The zero-order valence-corrected chi connectivity index (χ0v) is 51.2. The maximum atomic E-state index is 13.1. The molecule has 13 nitrogen and oxygen atoms in total. The van der Waals surface area contributed by atoms with E-state index in [0.717, 1.165) is 97.6 Å². The largest absolute Gasteiger partial charge is 0.469 e. The molecule has 0 amide bonds. The first-order chi connectivity index (χ1) is 35.5. The highest BCUT2D eigenvalue weighted by molar-refractivity contribution is 6.74. The average Bonchev–Trinajstić information content (AvgIpc) is 4.10. The van der Waals surface area contributed by atoms with E-state index in [4.69, 9.17) is 55.9 Å². The van der Waals surface area contributed by atoms with Crippen molar-refractivity contribution in [2.45, 2.75) is 292 Å². The van der Waals surface area contributed by atoms with Gasteiger partial charge in [0.2, 0.25) is 0 Å². The van der Waals surface area contributed by atoms with E-state index in [9.17, 15) is 4.79 Å². The summed E-state index contributed by atoms with van der Waals surface area (Å²) < 4.78 is 81.7. The summed E-state index contributed by atoms with van der Waals surface area (Å²) in [6.45, 7) is 36.5. The van der Waals surface area contributed by atoms with E-state index in [1.54, 1.807) is 7.11 Å². The molecular weight excluding hydrogens is 989 g/mol. The van der Waals surface area contributed by atoms with Crippen molar-refractivity contribution in [3.63, 3.8) is 0 Å². The fraction of sp³-hybridized carbons (Fsp3) is 0.879. The maximum absolute atomic E-state index is 13.1. The number of rotatable bonds is 31. The molecule has 0 aliphatic carbocycles. The molecule has 0 aromatic rings. The first-order valence-corrected chi connectivity index (χ1v) is 37.3. The lowest BCUT2D eigenvalue weighted by molar-refractivity contribution is -0.271. The van der Waals surface area contributed by atoms with Crippen LogP contribution in [0.2, 0.25) is 54.4 Å². The Labute approximate surface area is 450 Å². The van der Waals surface area contributed by atoms with E-state index in [-0.39, 0.29) is 116 Å². The highest BCUT2D eigenvalue weighted by Gasteiger charge is 2.68. The van der Waals surface area contributed by atoms with Crippen LogP contribution in [0.5, 0.6) is 0 Å².